The molecule has 0 fully saturated rings. The van der Waals surface area contributed by atoms with Gasteiger partial charge in [-0.3, -0.25) is 0 Å². The highest BCUT2D eigenvalue weighted by Gasteiger charge is 2.21. The molecule has 0 N–H and O–H groups in total. The summed E-state index contributed by atoms with van der Waals surface area (Å²) >= 11 is 11.5. The first-order chi connectivity index (χ1) is 10.8. The third kappa shape index (κ3) is 10.6. The number of unbranched alkanes of at least 4 members (excludes halogenated alkanes) is 5. The fourth-order valence-corrected chi connectivity index (χ4v) is 3.03. The molecule has 1 atom stereocenters. The molecule has 140 valence electrons. The van der Waals surface area contributed by atoms with E-state index in [1.165, 1.54) is 38.5 Å². The van der Waals surface area contributed by atoms with Gasteiger partial charge in [0.2, 0.25) is 10.6 Å². The highest BCUT2D eigenvalue weighted by atomic mass is 79.9. The van der Waals surface area contributed by atoms with Crippen LogP contribution in [0.1, 0.15) is 52.4 Å². The quantitative estimate of drug-likeness (QED) is 0.383. The maximum atomic E-state index is 5.76. The van der Waals surface area contributed by atoms with Crippen LogP contribution in [0, 0.1) is 0 Å². The van der Waals surface area contributed by atoms with Gasteiger partial charge in [0.05, 0.1) is 20.6 Å². The van der Waals surface area contributed by atoms with Crippen LogP contribution in [0.15, 0.2) is 0 Å². The van der Waals surface area contributed by atoms with Crippen molar-refractivity contribution in [3.63, 3.8) is 0 Å². The molecule has 24 heavy (non-hydrogen) atoms. The average molecular weight is 444 g/mol. The lowest BCUT2D eigenvalue weighted by molar-refractivity contribution is -0.893. The summed E-state index contributed by atoms with van der Waals surface area (Å²) in [6.45, 7) is 6.26. The molecule has 0 aliphatic rings. The van der Waals surface area contributed by atoms with Gasteiger partial charge in [0.25, 0.3) is 0 Å². The van der Waals surface area contributed by atoms with Crippen LogP contribution in [0.5, 0.6) is 6.01 Å². The summed E-state index contributed by atoms with van der Waals surface area (Å²) in [6.07, 6.45) is 7.84. The summed E-state index contributed by atoms with van der Waals surface area (Å²) in [5.74, 6) is 0. The number of likely N-dealkylation sites (N-methyl/N-ethyl adjacent to an activating group) is 1. The molecule has 0 radical (unpaired) electrons. The molecule has 0 saturated carbocycles. The topological polar surface area (TPSA) is 47.9 Å². The second-order valence-electron chi connectivity index (χ2n) is 6.69. The highest BCUT2D eigenvalue weighted by Crippen LogP contribution is 2.14. The molecule has 0 spiro atoms. The third-order valence-electron chi connectivity index (χ3n) is 3.74. The monoisotopic (exact) mass is 442 g/mol. The molecule has 1 aromatic rings. The Balaban J connectivity index is 0.00000529. The Labute approximate surface area is 166 Å². The minimum atomic E-state index is -0.0281. The molecule has 0 aliphatic heterocycles. The number of nitrogens with zero attached hydrogens (tertiary/aromatic N) is 4. The van der Waals surface area contributed by atoms with Gasteiger partial charge in [-0.1, -0.05) is 32.6 Å². The first kappa shape index (κ1) is 23.8. The van der Waals surface area contributed by atoms with Crippen molar-refractivity contribution in [2.45, 2.75) is 58.5 Å². The normalized spacial score (nSPS) is 12.6. The van der Waals surface area contributed by atoms with Crippen LogP contribution in [0.2, 0.25) is 10.6 Å². The van der Waals surface area contributed by atoms with Crippen LogP contribution < -0.4 is 21.7 Å². The van der Waals surface area contributed by atoms with E-state index in [2.05, 4.69) is 36.0 Å². The highest BCUT2D eigenvalue weighted by molar-refractivity contribution is 6.31. The molecular weight excluding hydrogens is 415 g/mol. The molecule has 0 amide bonds. The van der Waals surface area contributed by atoms with E-state index < -0.39 is 0 Å². The van der Waals surface area contributed by atoms with E-state index in [1.807, 2.05) is 6.92 Å². The summed E-state index contributed by atoms with van der Waals surface area (Å²) in [5, 5.41) is 0.0982. The molecule has 0 aliphatic carbocycles. The molecule has 0 aromatic carbocycles. The van der Waals surface area contributed by atoms with Gasteiger partial charge >= 0.3 is 6.01 Å². The molecule has 1 rings (SSSR count). The predicted molar refractivity (Wildman–Crippen MR) is 95.2 cm³/mol. The Morgan fingerprint density at radius 3 is 2.08 bits per heavy atom. The van der Waals surface area contributed by atoms with Crippen LogP contribution in [0.4, 0.5) is 0 Å². The average Bonchev–Trinajstić information content (AvgIpc) is 2.40. The van der Waals surface area contributed by atoms with Gasteiger partial charge < -0.3 is 26.2 Å². The zero-order valence-electron chi connectivity index (χ0n) is 15.1. The van der Waals surface area contributed by atoms with Gasteiger partial charge in [-0.15, -0.1) is 0 Å². The van der Waals surface area contributed by atoms with E-state index >= 15 is 0 Å². The number of halogens is 3. The molecule has 8 heteroatoms. The standard InChI is InChI=1S/C16H29Cl2N4O.BrH/c1-5-6-7-8-9-10-11-22(3,4)12-13(2)23-16-20-14(17)19-15(18)21-16;/h13H,5-12H2,1-4H3;1H/q+1;/p-1. The molecule has 1 unspecified atom stereocenters. The molecule has 1 heterocycles. The number of rotatable bonds is 11. The van der Waals surface area contributed by atoms with Crippen LogP contribution in [0.25, 0.3) is 0 Å². The second-order valence-corrected chi connectivity index (χ2v) is 7.37. The smallest absolute Gasteiger partial charge is 0.322 e. The lowest BCUT2D eigenvalue weighted by atomic mass is 10.1. The SMILES string of the molecule is CCCCCCCC[N+](C)(C)CC(C)Oc1nc(Cl)nc(Cl)n1.[Br-]. The van der Waals surface area contributed by atoms with Crippen molar-refractivity contribution in [3.05, 3.63) is 10.6 Å². The largest absolute Gasteiger partial charge is 1.00 e. The summed E-state index contributed by atoms with van der Waals surface area (Å²) in [7, 11) is 4.44. The first-order valence-corrected chi connectivity index (χ1v) is 9.13. The lowest BCUT2D eigenvalue weighted by Crippen LogP contribution is -3.00. The number of aromatic nitrogens is 3. The van der Waals surface area contributed by atoms with E-state index in [0.29, 0.717) is 0 Å². The van der Waals surface area contributed by atoms with E-state index in [1.54, 1.807) is 0 Å². The fourth-order valence-electron chi connectivity index (χ4n) is 2.69. The Morgan fingerprint density at radius 1 is 0.958 bits per heavy atom. The Bertz CT molecular complexity index is 457. The second kappa shape index (κ2) is 12.2. The van der Waals surface area contributed by atoms with E-state index in [-0.39, 0.29) is 39.7 Å². The van der Waals surface area contributed by atoms with Crippen molar-refractivity contribution < 1.29 is 26.2 Å². The Morgan fingerprint density at radius 2 is 1.50 bits per heavy atom. The van der Waals surface area contributed by atoms with Crippen molar-refractivity contribution in [3.8, 4) is 6.01 Å². The molecule has 0 saturated heterocycles. The van der Waals surface area contributed by atoms with Crippen molar-refractivity contribution in [2.24, 2.45) is 0 Å². The van der Waals surface area contributed by atoms with E-state index in [9.17, 15) is 0 Å². The predicted octanol–water partition coefficient (Wildman–Crippen LogP) is 1.39. The number of hydrogen-bond donors (Lipinski definition) is 0. The number of quaternary nitrogens is 1. The van der Waals surface area contributed by atoms with Gasteiger partial charge in [0, 0.05) is 0 Å². The maximum absolute atomic E-state index is 5.76. The van der Waals surface area contributed by atoms with Gasteiger partial charge in [-0.2, -0.15) is 15.0 Å². The molecule has 5 nitrogen and oxygen atoms in total. The summed E-state index contributed by atoms with van der Waals surface area (Å²) in [6, 6.07) is 0.182. The first-order valence-electron chi connectivity index (χ1n) is 8.38. The van der Waals surface area contributed by atoms with E-state index in [4.69, 9.17) is 27.9 Å². The van der Waals surface area contributed by atoms with Crippen LogP contribution in [0.3, 0.4) is 0 Å². The number of hydrogen-bond acceptors (Lipinski definition) is 4. The van der Waals surface area contributed by atoms with Crippen molar-refractivity contribution in [1.82, 2.24) is 15.0 Å². The van der Waals surface area contributed by atoms with Crippen molar-refractivity contribution in [1.29, 1.82) is 0 Å². The van der Waals surface area contributed by atoms with Crippen molar-refractivity contribution in [2.75, 3.05) is 27.2 Å². The van der Waals surface area contributed by atoms with E-state index in [0.717, 1.165) is 17.6 Å². The summed E-state index contributed by atoms with van der Waals surface area (Å²) in [4.78, 5) is 11.6. The van der Waals surface area contributed by atoms with Crippen LogP contribution in [-0.2, 0) is 0 Å². The Hall–Kier alpha value is -0.170. The molecular formula is C16H29BrCl2N4O. The van der Waals surface area contributed by atoms with Crippen molar-refractivity contribution >= 4 is 23.2 Å². The van der Waals surface area contributed by atoms with Crippen LogP contribution in [-0.4, -0.2) is 52.7 Å². The maximum Gasteiger partial charge on any atom is 0.322 e. The molecule has 0 bridgehead atoms. The van der Waals surface area contributed by atoms with Gasteiger partial charge in [0.1, 0.15) is 12.6 Å². The zero-order chi connectivity index (χ0) is 17.3. The third-order valence-corrected chi connectivity index (χ3v) is 4.07. The summed E-state index contributed by atoms with van der Waals surface area (Å²) < 4.78 is 6.63. The minimum Gasteiger partial charge on any atom is -1.00 e. The number of ether oxygens (including phenoxy) is 1. The van der Waals surface area contributed by atoms with Gasteiger partial charge in [-0.05, 0) is 43.0 Å². The summed E-state index contributed by atoms with van der Waals surface area (Å²) in [5.41, 5.74) is 0. The molecule has 1 aromatic heterocycles. The van der Waals surface area contributed by atoms with Gasteiger partial charge in [0.15, 0.2) is 0 Å². The van der Waals surface area contributed by atoms with Gasteiger partial charge in [-0.25, -0.2) is 0 Å². The lowest BCUT2D eigenvalue weighted by Gasteiger charge is -2.32. The fraction of sp³-hybridized carbons (Fsp3) is 0.812. The minimum absolute atomic E-state index is 0. The van der Waals surface area contributed by atoms with Crippen LogP contribution >= 0.6 is 23.2 Å². The Kier molecular flexibility index (Phi) is 12.1. The zero-order valence-corrected chi connectivity index (χ0v) is 18.2.